The van der Waals surface area contributed by atoms with Crippen LogP contribution in [0, 0.1) is 11.8 Å². The summed E-state index contributed by atoms with van der Waals surface area (Å²) in [5.74, 6) is 1.39. The molecule has 1 heterocycles. The fourth-order valence-corrected chi connectivity index (χ4v) is 10.6. The zero-order chi connectivity index (χ0) is 18.1. The van der Waals surface area contributed by atoms with Crippen molar-refractivity contribution in [3.05, 3.63) is 54.6 Å². The SMILES string of the molecule is CC(C)N[Si](C)(c1ccccc1)C1CC(N2CCCC2)C2C=CC=CC21. The molecule has 3 aliphatic rings. The van der Waals surface area contributed by atoms with Gasteiger partial charge in [-0.3, -0.25) is 4.90 Å². The number of benzene rings is 1. The van der Waals surface area contributed by atoms with Crippen LogP contribution in [0.25, 0.3) is 0 Å². The van der Waals surface area contributed by atoms with E-state index >= 15 is 0 Å². The number of fused-ring (bicyclic) bond motifs is 1. The molecular formula is C23H34N2Si. The topological polar surface area (TPSA) is 15.3 Å². The van der Waals surface area contributed by atoms with Crippen molar-refractivity contribution in [2.24, 2.45) is 11.8 Å². The lowest BCUT2D eigenvalue weighted by atomic mass is 9.89. The molecule has 0 spiro atoms. The van der Waals surface area contributed by atoms with E-state index in [1.807, 2.05) is 0 Å². The largest absolute Gasteiger partial charge is 0.331 e. The minimum absolute atomic E-state index is 0.527. The first-order chi connectivity index (χ1) is 12.6. The minimum Gasteiger partial charge on any atom is -0.331 e. The lowest BCUT2D eigenvalue weighted by Gasteiger charge is -2.40. The molecule has 2 nitrogen and oxygen atoms in total. The second kappa shape index (κ2) is 7.45. The van der Waals surface area contributed by atoms with Crippen molar-refractivity contribution in [3.63, 3.8) is 0 Å². The second-order valence-electron chi connectivity index (χ2n) is 8.94. The molecule has 1 aromatic rings. The molecule has 0 aromatic heterocycles. The molecule has 140 valence electrons. The molecule has 26 heavy (non-hydrogen) atoms. The van der Waals surface area contributed by atoms with Gasteiger partial charge in [0.25, 0.3) is 0 Å². The molecule has 0 amide bonds. The van der Waals surface area contributed by atoms with Crippen molar-refractivity contribution in [3.8, 4) is 0 Å². The maximum absolute atomic E-state index is 4.12. The molecule has 4 rings (SSSR count). The number of allylic oxidation sites excluding steroid dienone is 3. The van der Waals surface area contributed by atoms with Crippen molar-refractivity contribution >= 4 is 13.4 Å². The maximum atomic E-state index is 4.12. The molecule has 1 N–H and O–H groups in total. The van der Waals surface area contributed by atoms with Crippen LogP contribution < -0.4 is 10.2 Å². The molecule has 3 heteroatoms. The van der Waals surface area contributed by atoms with Crippen LogP contribution in [0.5, 0.6) is 0 Å². The lowest BCUT2D eigenvalue weighted by molar-refractivity contribution is 0.210. The van der Waals surface area contributed by atoms with Crippen molar-refractivity contribution in [2.45, 2.75) is 57.3 Å². The van der Waals surface area contributed by atoms with Crippen molar-refractivity contribution < 1.29 is 0 Å². The van der Waals surface area contributed by atoms with E-state index in [0.29, 0.717) is 17.9 Å². The number of hydrogen-bond donors (Lipinski definition) is 1. The van der Waals surface area contributed by atoms with Crippen molar-refractivity contribution in [1.29, 1.82) is 0 Å². The van der Waals surface area contributed by atoms with Gasteiger partial charge in [0.05, 0.1) is 0 Å². The monoisotopic (exact) mass is 366 g/mol. The predicted octanol–water partition coefficient (Wildman–Crippen LogP) is 4.06. The van der Waals surface area contributed by atoms with Crippen LogP contribution in [0.3, 0.4) is 0 Å². The van der Waals surface area contributed by atoms with Gasteiger partial charge in [-0.2, -0.15) is 0 Å². The van der Waals surface area contributed by atoms with Crippen LogP contribution in [-0.2, 0) is 0 Å². The summed E-state index contributed by atoms with van der Waals surface area (Å²) < 4.78 is 0. The first-order valence-corrected chi connectivity index (χ1v) is 13.1. The number of nitrogens with one attached hydrogen (secondary N) is 1. The second-order valence-corrected chi connectivity index (χ2v) is 13.0. The highest BCUT2D eigenvalue weighted by atomic mass is 28.3. The summed E-state index contributed by atoms with van der Waals surface area (Å²) in [6, 6.07) is 12.6. The zero-order valence-corrected chi connectivity index (χ0v) is 17.6. The molecule has 2 fully saturated rings. The predicted molar refractivity (Wildman–Crippen MR) is 114 cm³/mol. The van der Waals surface area contributed by atoms with E-state index in [-0.39, 0.29) is 0 Å². The summed E-state index contributed by atoms with van der Waals surface area (Å²) in [6.07, 6.45) is 13.8. The molecule has 2 aliphatic carbocycles. The Bertz CT molecular complexity index is 662. The van der Waals surface area contributed by atoms with E-state index < -0.39 is 8.24 Å². The molecule has 0 radical (unpaired) electrons. The first-order valence-electron chi connectivity index (χ1n) is 10.5. The number of likely N-dealkylation sites (tertiary alicyclic amines) is 1. The van der Waals surface area contributed by atoms with Gasteiger partial charge in [0.2, 0.25) is 0 Å². The minimum atomic E-state index is -1.82. The normalized spacial score (nSPS) is 33.5. The van der Waals surface area contributed by atoms with E-state index in [9.17, 15) is 0 Å². The standard InChI is InChI=1S/C23H34N2Si/c1-18(2)24-26(3,19-11-5-4-6-12-19)23-17-22(25-15-9-10-16-25)20-13-7-8-14-21(20)23/h4-8,11-14,18,20-24H,9-10,15-17H2,1-3H3. The highest BCUT2D eigenvalue weighted by Crippen LogP contribution is 2.50. The average molecular weight is 367 g/mol. The maximum Gasteiger partial charge on any atom is 0.158 e. The van der Waals surface area contributed by atoms with Crippen LogP contribution in [0.15, 0.2) is 54.6 Å². The van der Waals surface area contributed by atoms with Gasteiger partial charge >= 0.3 is 0 Å². The Labute approximate surface area is 160 Å². The Morgan fingerprint density at radius 3 is 2.31 bits per heavy atom. The van der Waals surface area contributed by atoms with Crippen LogP contribution in [0.2, 0.25) is 12.1 Å². The molecule has 1 saturated carbocycles. The van der Waals surface area contributed by atoms with E-state index in [1.54, 1.807) is 5.19 Å². The molecule has 1 aliphatic heterocycles. The van der Waals surface area contributed by atoms with Gasteiger partial charge in [0.1, 0.15) is 0 Å². The van der Waals surface area contributed by atoms with Crippen LogP contribution >= 0.6 is 0 Å². The first kappa shape index (κ1) is 18.2. The Hall–Kier alpha value is -1.16. The fourth-order valence-electron chi connectivity index (χ4n) is 5.88. The summed E-state index contributed by atoms with van der Waals surface area (Å²) >= 11 is 0. The van der Waals surface area contributed by atoms with E-state index in [4.69, 9.17) is 0 Å². The van der Waals surface area contributed by atoms with Crippen LogP contribution in [0.4, 0.5) is 0 Å². The number of hydrogen-bond acceptors (Lipinski definition) is 2. The molecule has 5 atom stereocenters. The van der Waals surface area contributed by atoms with Crippen molar-refractivity contribution in [2.75, 3.05) is 13.1 Å². The summed E-state index contributed by atoms with van der Waals surface area (Å²) in [7, 11) is -1.82. The van der Waals surface area contributed by atoms with Gasteiger partial charge < -0.3 is 4.98 Å². The Morgan fingerprint density at radius 2 is 1.65 bits per heavy atom. The Kier molecular flexibility index (Phi) is 5.22. The summed E-state index contributed by atoms with van der Waals surface area (Å²) in [5.41, 5.74) is 0.754. The van der Waals surface area contributed by atoms with Gasteiger partial charge in [-0.25, -0.2) is 0 Å². The van der Waals surface area contributed by atoms with Gasteiger partial charge in [-0.15, -0.1) is 0 Å². The van der Waals surface area contributed by atoms with Crippen LogP contribution in [0.1, 0.15) is 33.1 Å². The Balaban J connectivity index is 1.70. The average Bonchev–Trinajstić information content (AvgIpc) is 3.29. The summed E-state index contributed by atoms with van der Waals surface area (Å²) in [4.78, 5) is 6.92. The van der Waals surface area contributed by atoms with Gasteiger partial charge in [0.15, 0.2) is 8.24 Å². The quantitative estimate of drug-likeness (QED) is 0.791. The molecule has 1 saturated heterocycles. The summed E-state index contributed by atoms with van der Waals surface area (Å²) in [5, 5.41) is 1.57. The molecule has 0 bridgehead atoms. The van der Waals surface area contributed by atoms with E-state index in [2.05, 4.69) is 84.9 Å². The lowest BCUT2D eigenvalue weighted by Crippen LogP contribution is -2.64. The van der Waals surface area contributed by atoms with E-state index in [1.165, 1.54) is 32.4 Å². The smallest absolute Gasteiger partial charge is 0.158 e. The highest BCUT2D eigenvalue weighted by molar-refractivity contribution is 6.90. The van der Waals surface area contributed by atoms with E-state index in [0.717, 1.165) is 11.6 Å². The number of rotatable bonds is 5. The highest BCUT2D eigenvalue weighted by Gasteiger charge is 2.53. The third kappa shape index (κ3) is 3.26. The Morgan fingerprint density at radius 1 is 1.00 bits per heavy atom. The zero-order valence-electron chi connectivity index (χ0n) is 16.6. The third-order valence-corrected chi connectivity index (χ3v) is 11.8. The van der Waals surface area contributed by atoms with Crippen molar-refractivity contribution in [1.82, 2.24) is 9.88 Å². The molecule has 5 unspecified atom stereocenters. The number of nitrogens with zero attached hydrogens (tertiary/aromatic N) is 1. The fraction of sp³-hybridized carbons (Fsp3) is 0.565. The summed E-state index contributed by atoms with van der Waals surface area (Å²) in [6.45, 7) is 9.83. The molecular weight excluding hydrogens is 332 g/mol. The molecule has 1 aromatic carbocycles. The van der Waals surface area contributed by atoms with Gasteiger partial charge in [0, 0.05) is 6.04 Å². The van der Waals surface area contributed by atoms with Crippen LogP contribution in [-0.4, -0.2) is 38.3 Å². The van der Waals surface area contributed by atoms with Gasteiger partial charge in [-0.1, -0.05) is 75.0 Å². The van der Waals surface area contributed by atoms with Gasteiger partial charge in [-0.05, 0) is 61.0 Å². The third-order valence-electron chi connectivity index (χ3n) is 6.94.